The molecule has 0 spiro atoms. The van der Waals surface area contributed by atoms with Crippen LogP contribution in [0.3, 0.4) is 0 Å². The summed E-state index contributed by atoms with van der Waals surface area (Å²) in [5, 5.41) is 9.48. The van der Waals surface area contributed by atoms with Crippen LogP contribution in [0.25, 0.3) is 0 Å². The molecule has 0 fully saturated rings. The second-order valence-electron chi connectivity index (χ2n) is 5.19. The Morgan fingerprint density at radius 1 is 1.10 bits per heavy atom. The summed E-state index contributed by atoms with van der Waals surface area (Å²) in [5.41, 5.74) is 0.729. The molecular weight excluding hydrogens is 274 g/mol. The first-order chi connectivity index (χ1) is 9.43. The van der Waals surface area contributed by atoms with Gasteiger partial charge in [-0.25, -0.2) is 13.1 Å². The number of aliphatic hydroxyl groups is 1. The van der Waals surface area contributed by atoms with E-state index in [0.29, 0.717) is 0 Å². The van der Waals surface area contributed by atoms with Gasteiger partial charge in [0.25, 0.3) is 0 Å². The van der Waals surface area contributed by atoms with E-state index in [1.54, 1.807) is 12.1 Å². The normalized spacial score (nSPS) is 12.6. The van der Waals surface area contributed by atoms with E-state index in [0.717, 1.165) is 24.8 Å². The average molecular weight is 299 g/mol. The zero-order chi connectivity index (χ0) is 15.2. The second kappa shape index (κ2) is 7.20. The van der Waals surface area contributed by atoms with Gasteiger partial charge < -0.3 is 5.11 Å². The molecule has 1 rings (SSSR count). The first-order valence-electron chi connectivity index (χ1n) is 7.12. The maximum atomic E-state index is 12.2. The quantitative estimate of drug-likeness (QED) is 0.774. The van der Waals surface area contributed by atoms with Crippen LogP contribution in [0.1, 0.15) is 39.2 Å². The molecule has 114 valence electrons. The van der Waals surface area contributed by atoms with E-state index in [9.17, 15) is 13.5 Å². The minimum absolute atomic E-state index is 0.0166. The number of hydrogen-bond donors (Lipinski definition) is 2. The molecule has 0 atom stereocenters. The van der Waals surface area contributed by atoms with E-state index in [2.05, 4.69) is 4.72 Å². The molecule has 0 aliphatic rings. The highest BCUT2D eigenvalue weighted by atomic mass is 32.2. The summed E-state index contributed by atoms with van der Waals surface area (Å²) in [6, 6.07) is 6.90. The molecular formula is C15H25NO3S. The van der Waals surface area contributed by atoms with Gasteiger partial charge in [0.2, 0.25) is 10.0 Å². The van der Waals surface area contributed by atoms with Gasteiger partial charge in [0, 0.05) is 18.6 Å². The summed E-state index contributed by atoms with van der Waals surface area (Å²) >= 11 is 0. The number of benzene rings is 1. The Balaban J connectivity index is 2.84. The van der Waals surface area contributed by atoms with Gasteiger partial charge in [0.05, 0.1) is 4.90 Å². The molecule has 0 unspecified atom stereocenters. The summed E-state index contributed by atoms with van der Waals surface area (Å²) in [6.45, 7) is 6.19. The van der Waals surface area contributed by atoms with E-state index in [4.69, 9.17) is 0 Å². The number of hydrogen-bond acceptors (Lipinski definition) is 3. The molecule has 0 aliphatic carbocycles. The van der Waals surface area contributed by atoms with Crippen LogP contribution in [0.15, 0.2) is 29.2 Å². The van der Waals surface area contributed by atoms with E-state index >= 15 is 0 Å². The average Bonchev–Trinajstić information content (AvgIpc) is 2.49. The van der Waals surface area contributed by atoms with Crippen molar-refractivity contribution in [2.45, 2.75) is 44.9 Å². The molecule has 2 N–H and O–H groups in total. The third kappa shape index (κ3) is 4.04. The van der Waals surface area contributed by atoms with Crippen molar-refractivity contribution in [2.75, 3.05) is 13.2 Å². The highest BCUT2D eigenvalue weighted by Gasteiger charge is 2.27. The van der Waals surface area contributed by atoms with Gasteiger partial charge in [-0.15, -0.1) is 0 Å². The van der Waals surface area contributed by atoms with Crippen LogP contribution in [-0.2, 0) is 16.4 Å². The van der Waals surface area contributed by atoms with Gasteiger partial charge in [-0.1, -0.05) is 32.9 Å². The SMILES string of the molecule is CCc1ccc(S(=O)(=O)NCC(CC)(CC)CO)cc1. The first kappa shape index (κ1) is 17.1. The van der Waals surface area contributed by atoms with Gasteiger partial charge in [-0.3, -0.25) is 0 Å². The van der Waals surface area contributed by atoms with Crippen LogP contribution in [0.5, 0.6) is 0 Å². The number of aliphatic hydroxyl groups excluding tert-OH is 1. The summed E-state index contributed by atoms with van der Waals surface area (Å²) in [6.07, 6.45) is 2.35. The minimum atomic E-state index is -3.51. The number of aryl methyl sites for hydroxylation is 1. The molecule has 0 radical (unpaired) electrons. The Morgan fingerprint density at radius 3 is 2.05 bits per heavy atom. The van der Waals surface area contributed by atoms with E-state index in [-0.39, 0.29) is 23.5 Å². The summed E-state index contributed by atoms with van der Waals surface area (Å²) in [7, 11) is -3.51. The standard InChI is InChI=1S/C15H25NO3S/c1-4-13-7-9-14(10-8-13)20(18,19)16-11-15(5-2,6-3)12-17/h7-10,16-17H,4-6,11-12H2,1-3H3. The van der Waals surface area contributed by atoms with E-state index in [1.165, 1.54) is 0 Å². The van der Waals surface area contributed by atoms with Crippen LogP contribution in [0.4, 0.5) is 0 Å². The van der Waals surface area contributed by atoms with Crippen molar-refractivity contribution in [3.63, 3.8) is 0 Å². The van der Waals surface area contributed by atoms with Crippen molar-refractivity contribution in [2.24, 2.45) is 5.41 Å². The van der Waals surface area contributed by atoms with Gasteiger partial charge in [0.1, 0.15) is 0 Å². The van der Waals surface area contributed by atoms with Crippen molar-refractivity contribution < 1.29 is 13.5 Å². The predicted molar refractivity (Wildman–Crippen MR) is 81.1 cm³/mol. The van der Waals surface area contributed by atoms with Gasteiger partial charge >= 0.3 is 0 Å². The second-order valence-corrected chi connectivity index (χ2v) is 6.95. The fourth-order valence-electron chi connectivity index (χ4n) is 2.02. The van der Waals surface area contributed by atoms with Crippen molar-refractivity contribution in [1.29, 1.82) is 0 Å². The Morgan fingerprint density at radius 2 is 1.65 bits per heavy atom. The minimum Gasteiger partial charge on any atom is -0.396 e. The van der Waals surface area contributed by atoms with Crippen molar-refractivity contribution in [3.8, 4) is 0 Å². The molecule has 0 saturated carbocycles. The van der Waals surface area contributed by atoms with Crippen LogP contribution in [0.2, 0.25) is 0 Å². The molecule has 1 aromatic rings. The molecule has 0 amide bonds. The number of sulfonamides is 1. The van der Waals surface area contributed by atoms with Gasteiger partial charge in [0.15, 0.2) is 0 Å². The monoisotopic (exact) mass is 299 g/mol. The Kier molecular flexibility index (Phi) is 6.17. The maximum absolute atomic E-state index is 12.2. The van der Waals surface area contributed by atoms with Crippen LogP contribution >= 0.6 is 0 Å². The Bertz CT molecular complexity index is 496. The smallest absolute Gasteiger partial charge is 0.240 e. The predicted octanol–water partition coefficient (Wildman–Crippen LogP) is 2.33. The van der Waals surface area contributed by atoms with Crippen molar-refractivity contribution >= 4 is 10.0 Å². The molecule has 20 heavy (non-hydrogen) atoms. The largest absolute Gasteiger partial charge is 0.396 e. The molecule has 5 heteroatoms. The summed E-state index contributed by atoms with van der Waals surface area (Å²) in [4.78, 5) is 0.272. The lowest BCUT2D eigenvalue weighted by atomic mass is 9.84. The first-order valence-corrected chi connectivity index (χ1v) is 8.60. The molecule has 0 aliphatic heterocycles. The fourth-order valence-corrected chi connectivity index (χ4v) is 3.17. The molecule has 1 aromatic carbocycles. The van der Waals surface area contributed by atoms with Crippen molar-refractivity contribution in [1.82, 2.24) is 4.72 Å². The summed E-state index contributed by atoms with van der Waals surface area (Å²) in [5.74, 6) is 0. The summed E-state index contributed by atoms with van der Waals surface area (Å²) < 4.78 is 27.1. The molecule has 0 heterocycles. The lowest BCUT2D eigenvalue weighted by Crippen LogP contribution is -2.39. The van der Waals surface area contributed by atoms with Crippen LogP contribution in [-0.4, -0.2) is 26.7 Å². The maximum Gasteiger partial charge on any atom is 0.240 e. The molecule has 0 aromatic heterocycles. The lowest BCUT2D eigenvalue weighted by Gasteiger charge is -2.29. The molecule has 4 nitrogen and oxygen atoms in total. The Hall–Kier alpha value is -0.910. The fraction of sp³-hybridized carbons (Fsp3) is 0.600. The third-order valence-electron chi connectivity index (χ3n) is 4.11. The lowest BCUT2D eigenvalue weighted by molar-refractivity contribution is 0.119. The number of nitrogens with one attached hydrogen (secondary N) is 1. The highest BCUT2D eigenvalue weighted by Crippen LogP contribution is 2.25. The van der Waals surface area contributed by atoms with Crippen LogP contribution in [0, 0.1) is 5.41 Å². The third-order valence-corrected chi connectivity index (χ3v) is 5.53. The topological polar surface area (TPSA) is 66.4 Å². The van der Waals surface area contributed by atoms with Gasteiger partial charge in [-0.2, -0.15) is 0 Å². The molecule has 0 bridgehead atoms. The van der Waals surface area contributed by atoms with E-state index < -0.39 is 10.0 Å². The van der Waals surface area contributed by atoms with Gasteiger partial charge in [-0.05, 0) is 37.0 Å². The van der Waals surface area contributed by atoms with Crippen LogP contribution < -0.4 is 4.72 Å². The zero-order valence-corrected chi connectivity index (χ0v) is 13.3. The van der Waals surface area contributed by atoms with Crippen molar-refractivity contribution in [3.05, 3.63) is 29.8 Å². The van der Waals surface area contributed by atoms with E-state index in [1.807, 2.05) is 32.9 Å². The molecule has 0 saturated heterocycles. The zero-order valence-electron chi connectivity index (χ0n) is 12.5. The highest BCUT2D eigenvalue weighted by molar-refractivity contribution is 7.89. The Labute approximate surface area is 122 Å². The number of rotatable bonds is 8.